The first kappa shape index (κ1) is 12.4. The highest BCUT2D eigenvalue weighted by Crippen LogP contribution is 2.27. The Kier molecular flexibility index (Phi) is 3.25. The van der Waals surface area contributed by atoms with E-state index in [0.717, 1.165) is 10.9 Å². The van der Waals surface area contributed by atoms with Gasteiger partial charge in [0.25, 0.3) is 0 Å². The highest BCUT2D eigenvalue weighted by atomic mass is 16.5. The van der Waals surface area contributed by atoms with Crippen LogP contribution >= 0.6 is 0 Å². The molecule has 0 aliphatic carbocycles. The van der Waals surface area contributed by atoms with E-state index < -0.39 is 12.1 Å². The molecule has 1 aromatic carbocycles. The van der Waals surface area contributed by atoms with Gasteiger partial charge in [0.15, 0.2) is 6.10 Å². The topological polar surface area (TPSA) is 71.7 Å². The Hall–Kier alpha value is -2.01. The Morgan fingerprint density at radius 3 is 2.78 bits per heavy atom. The number of aliphatic hydroxyl groups is 1. The number of carbonyl (C=O) groups excluding carboxylic acids is 1. The number of hydrogen-bond acceptors (Lipinski definition) is 4. The first-order valence-corrected chi connectivity index (χ1v) is 5.66. The fourth-order valence-electron chi connectivity index (χ4n) is 2.08. The maximum atomic E-state index is 11.4. The number of esters is 1. The molecule has 0 fully saturated rings. The van der Waals surface area contributed by atoms with Crippen molar-refractivity contribution >= 4 is 16.9 Å². The molecule has 1 aromatic heterocycles. The Morgan fingerprint density at radius 1 is 1.44 bits per heavy atom. The van der Waals surface area contributed by atoms with Crippen LogP contribution in [0.2, 0.25) is 0 Å². The average molecular weight is 249 g/mol. The van der Waals surface area contributed by atoms with Crippen LogP contribution in [0.15, 0.2) is 24.3 Å². The summed E-state index contributed by atoms with van der Waals surface area (Å²) in [7, 11) is 1.23. The van der Waals surface area contributed by atoms with Gasteiger partial charge in [-0.15, -0.1) is 0 Å². The average Bonchev–Trinajstić information content (AvgIpc) is 2.74. The van der Waals surface area contributed by atoms with Crippen LogP contribution in [0, 0.1) is 0 Å². The summed E-state index contributed by atoms with van der Waals surface area (Å²) in [5.74, 6) is -0.550. The van der Waals surface area contributed by atoms with Crippen LogP contribution in [0.25, 0.3) is 10.9 Å². The van der Waals surface area contributed by atoms with Crippen molar-refractivity contribution in [3.05, 3.63) is 30.0 Å². The summed E-state index contributed by atoms with van der Waals surface area (Å²) in [6.07, 6.45) is -1.32. The van der Waals surface area contributed by atoms with E-state index in [0.29, 0.717) is 12.2 Å². The summed E-state index contributed by atoms with van der Waals surface area (Å²) < 4.78 is 6.31. The molecule has 0 bridgehead atoms. The number of rotatable bonds is 3. The molecule has 0 radical (unpaired) electrons. The predicted molar refractivity (Wildman–Crippen MR) is 66.3 cm³/mol. The van der Waals surface area contributed by atoms with Crippen molar-refractivity contribution in [2.75, 3.05) is 7.11 Å². The number of aryl methyl sites for hydroxylation is 1. The monoisotopic (exact) mass is 249 g/mol. The molecule has 5 heteroatoms. The third-order valence-electron chi connectivity index (χ3n) is 2.94. The molecular weight excluding hydrogens is 234 g/mol. The van der Waals surface area contributed by atoms with Gasteiger partial charge in [-0.25, -0.2) is 4.79 Å². The van der Waals surface area contributed by atoms with Crippen LogP contribution in [0.5, 0.6) is 5.75 Å². The fraction of sp³-hybridized carbons (Fsp3) is 0.308. The number of methoxy groups -OCH3 is 1. The minimum absolute atomic E-state index is 0.148. The molecule has 1 atom stereocenters. The molecule has 96 valence electrons. The highest BCUT2D eigenvalue weighted by molar-refractivity contribution is 5.85. The van der Waals surface area contributed by atoms with Crippen molar-refractivity contribution in [1.29, 1.82) is 0 Å². The van der Waals surface area contributed by atoms with Gasteiger partial charge in [0.1, 0.15) is 5.75 Å². The van der Waals surface area contributed by atoms with Crippen molar-refractivity contribution in [2.24, 2.45) is 0 Å². The lowest BCUT2D eigenvalue weighted by molar-refractivity contribution is -0.151. The van der Waals surface area contributed by atoms with Crippen molar-refractivity contribution in [3.63, 3.8) is 0 Å². The summed E-state index contributed by atoms with van der Waals surface area (Å²) in [6.45, 7) is 2.48. The molecule has 5 nitrogen and oxygen atoms in total. The van der Waals surface area contributed by atoms with Gasteiger partial charge in [0.2, 0.25) is 0 Å². The second kappa shape index (κ2) is 4.70. The zero-order chi connectivity index (χ0) is 13.3. The number of nitrogens with zero attached hydrogens (tertiary/aromatic N) is 1. The van der Waals surface area contributed by atoms with E-state index in [1.807, 2.05) is 6.92 Å². The van der Waals surface area contributed by atoms with Crippen LogP contribution in [-0.2, 0) is 16.1 Å². The number of fused-ring (bicyclic) bond motifs is 1. The molecule has 0 aliphatic rings. The van der Waals surface area contributed by atoms with Crippen molar-refractivity contribution in [2.45, 2.75) is 19.6 Å². The van der Waals surface area contributed by atoms with Crippen LogP contribution in [0.3, 0.4) is 0 Å². The summed E-state index contributed by atoms with van der Waals surface area (Å²) in [4.78, 5) is 11.4. The molecule has 18 heavy (non-hydrogen) atoms. The smallest absolute Gasteiger partial charge is 0.340 e. The van der Waals surface area contributed by atoms with Crippen molar-refractivity contribution in [1.82, 2.24) is 4.57 Å². The van der Waals surface area contributed by atoms with Gasteiger partial charge >= 0.3 is 5.97 Å². The maximum absolute atomic E-state index is 11.4. The number of carbonyl (C=O) groups is 1. The van der Waals surface area contributed by atoms with Gasteiger partial charge in [-0.2, -0.15) is 0 Å². The van der Waals surface area contributed by atoms with Crippen LogP contribution in [0.1, 0.15) is 18.7 Å². The summed E-state index contributed by atoms with van der Waals surface area (Å²) in [5, 5.41) is 20.3. The Labute approximate surface area is 104 Å². The minimum atomic E-state index is -1.32. The maximum Gasteiger partial charge on any atom is 0.340 e. The summed E-state index contributed by atoms with van der Waals surface area (Å²) in [5.41, 5.74) is 1.24. The van der Waals surface area contributed by atoms with E-state index in [9.17, 15) is 15.0 Å². The molecule has 0 amide bonds. The third kappa shape index (κ3) is 1.93. The predicted octanol–water partition coefficient (Wildman–Crippen LogP) is 1.57. The van der Waals surface area contributed by atoms with E-state index in [2.05, 4.69) is 4.74 Å². The number of phenolic OH excluding ortho intramolecular Hbond substituents is 1. The molecular formula is C13H15NO4. The number of aromatic hydroxyl groups is 1. The number of aliphatic hydroxyl groups excluding tert-OH is 1. The van der Waals surface area contributed by atoms with E-state index in [1.165, 1.54) is 7.11 Å². The number of ether oxygens (including phenoxy) is 1. The van der Waals surface area contributed by atoms with Gasteiger partial charge in [0.05, 0.1) is 18.3 Å². The van der Waals surface area contributed by atoms with E-state index in [4.69, 9.17) is 0 Å². The second-order valence-corrected chi connectivity index (χ2v) is 3.98. The van der Waals surface area contributed by atoms with Gasteiger partial charge in [-0.05, 0) is 25.1 Å². The SMILES string of the molecule is CCn1c(C(O)C(=O)OC)cc2ccc(O)cc21. The molecule has 2 N–H and O–H groups in total. The number of benzene rings is 1. The molecule has 0 saturated carbocycles. The molecule has 0 spiro atoms. The minimum Gasteiger partial charge on any atom is -0.508 e. The number of aromatic nitrogens is 1. The number of phenols is 1. The van der Waals surface area contributed by atoms with E-state index in [-0.39, 0.29) is 5.75 Å². The number of hydrogen-bond donors (Lipinski definition) is 2. The van der Waals surface area contributed by atoms with Crippen LogP contribution < -0.4 is 0 Å². The van der Waals surface area contributed by atoms with Gasteiger partial charge in [-0.3, -0.25) is 0 Å². The zero-order valence-corrected chi connectivity index (χ0v) is 10.3. The third-order valence-corrected chi connectivity index (χ3v) is 2.94. The van der Waals surface area contributed by atoms with E-state index in [1.54, 1.807) is 28.8 Å². The normalized spacial score (nSPS) is 12.6. The lowest BCUT2D eigenvalue weighted by Gasteiger charge is -2.12. The largest absolute Gasteiger partial charge is 0.508 e. The van der Waals surface area contributed by atoms with Crippen molar-refractivity contribution in [3.8, 4) is 5.75 Å². The summed E-state index contributed by atoms with van der Waals surface area (Å²) in [6, 6.07) is 6.63. The molecule has 0 aliphatic heterocycles. The lowest BCUT2D eigenvalue weighted by atomic mass is 10.2. The highest BCUT2D eigenvalue weighted by Gasteiger charge is 2.23. The van der Waals surface area contributed by atoms with Gasteiger partial charge < -0.3 is 19.5 Å². The molecule has 1 unspecified atom stereocenters. The van der Waals surface area contributed by atoms with Crippen molar-refractivity contribution < 1.29 is 19.7 Å². The first-order valence-electron chi connectivity index (χ1n) is 5.66. The molecule has 2 rings (SSSR count). The Bertz CT molecular complexity index is 588. The molecule has 0 saturated heterocycles. The summed E-state index contributed by atoms with van der Waals surface area (Å²) >= 11 is 0. The quantitative estimate of drug-likeness (QED) is 0.810. The Balaban J connectivity index is 2.60. The van der Waals surface area contributed by atoms with Crippen LogP contribution in [0.4, 0.5) is 0 Å². The van der Waals surface area contributed by atoms with E-state index >= 15 is 0 Å². The lowest BCUT2D eigenvalue weighted by Crippen LogP contribution is -2.17. The van der Waals surface area contributed by atoms with Crippen LogP contribution in [-0.4, -0.2) is 27.9 Å². The Morgan fingerprint density at radius 2 is 2.17 bits per heavy atom. The van der Waals surface area contributed by atoms with Gasteiger partial charge in [-0.1, -0.05) is 0 Å². The zero-order valence-electron chi connectivity index (χ0n) is 10.3. The second-order valence-electron chi connectivity index (χ2n) is 3.98. The molecule has 1 heterocycles. The first-order chi connectivity index (χ1) is 8.58. The molecule has 2 aromatic rings. The standard InChI is InChI=1S/C13H15NO4/c1-3-14-10-7-9(15)5-4-8(10)6-11(14)12(16)13(17)18-2/h4-7,12,15-16H,3H2,1-2H3. The fourth-order valence-corrected chi connectivity index (χ4v) is 2.08. The van der Waals surface area contributed by atoms with Gasteiger partial charge in [0, 0.05) is 18.0 Å².